The monoisotopic (exact) mass is 291 g/mol. The molecule has 0 bridgehead atoms. The fraction of sp³-hybridized carbons (Fsp3) is 0.286. The Morgan fingerprint density at radius 1 is 1.40 bits per heavy atom. The van der Waals surface area contributed by atoms with Crippen molar-refractivity contribution in [1.29, 1.82) is 0 Å². The van der Waals surface area contributed by atoms with Crippen LogP contribution in [0.2, 0.25) is 0 Å². The van der Waals surface area contributed by atoms with Crippen molar-refractivity contribution in [3.63, 3.8) is 0 Å². The molecule has 0 aromatic heterocycles. The molecule has 0 amide bonds. The van der Waals surface area contributed by atoms with E-state index in [0.29, 0.717) is 11.5 Å². The fourth-order valence-corrected chi connectivity index (χ4v) is 2.68. The van der Waals surface area contributed by atoms with Gasteiger partial charge in [0, 0.05) is 18.4 Å². The molecule has 6 heteroatoms. The molecule has 0 radical (unpaired) electrons. The molecule has 2 rings (SSSR count). The molecule has 0 spiro atoms. The van der Waals surface area contributed by atoms with Crippen molar-refractivity contribution < 1.29 is 9.90 Å². The highest BCUT2D eigenvalue weighted by molar-refractivity contribution is 7.99. The Morgan fingerprint density at radius 2 is 2.05 bits per heavy atom. The number of anilines is 1. The quantitative estimate of drug-likeness (QED) is 0.895. The molecule has 0 saturated heterocycles. The van der Waals surface area contributed by atoms with Gasteiger partial charge < -0.3 is 15.3 Å². The third-order valence-electron chi connectivity index (χ3n) is 3.16. The number of carboxylic acid groups (broad SMARTS) is 1. The third kappa shape index (κ3) is 2.80. The van der Waals surface area contributed by atoms with Crippen LogP contribution in [-0.4, -0.2) is 40.6 Å². The highest BCUT2D eigenvalue weighted by atomic mass is 32.2. The smallest absolute Gasteiger partial charge is 0.341 e. The number of rotatable bonds is 3. The summed E-state index contributed by atoms with van der Waals surface area (Å²) in [5.74, 6) is -0.574. The van der Waals surface area contributed by atoms with Crippen LogP contribution < -0.4 is 5.32 Å². The fourth-order valence-electron chi connectivity index (χ4n) is 1.99. The molecule has 1 heterocycles. The van der Waals surface area contributed by atoms with Crippen molar-refractivity contribution in [2.45, 2.75) is 12.4 Å². The molecule has 0 saturated carbocycles. The predicted molar refractivity (Wildman–Crippen MR) is 82.9 cm³/mol. The van der Waals surface area contributed by atoms with E-state index in [-0.39, 0.29) is 11.1 Å². The summed E-state index contributed by atoms with van der Waals surface area (Å²) in [6, 6.07) is 9.45. The number of amidine groups is 1. The number of para-hydroxylation sites is 1. The summed E-state index contributed by atoms with van der Waals surface area (Å²) >= 11 is 1.56. The topological polar surface area (TPSA) is 64.9 Å². The zero-order valence-electron chi connectivity index (χ0n) is 11.6. The second-order valence-corrected chi connectivity index (χ2v) is 5.30. The Labute approximate surface area is 122 Å². The number of nitrogens with zero attached hydrogens (tertiary/aromatic N) is 2. The average molecular weight is 291 g/mol. The number of aliphatic carboxylic acids is 1. The molecule has 1 atom stereocenters. The molecule has 106 valence electrons. The summed E-state index contributed by atoms with van der Waals surface area (Å²) in [5, 5.41) is 12.5. The maximum atomic E-state index is 11.5. The summed E-state index contributed by atoms with van der Waals surface area (Å²) in [6.45, 7) is 1.80. The van der Waals surface area contributed by atoms with E-state index >= 15 is 0 Å². The first-order valence-electron chi connectivity index (χ1n) is 6.14. The van der Waals surface area contributed by atoms with Crippen LogP contribution in [0.15, 0.2) is 46.6 Å². The van der Waals surface area contributed by atoms with E-state index in [4.69, 9.17) is 0 Å². The number of aliphatic imine (C=N–C) groups is 1. The van der Waals surface area contributed by atoms with Crippen molar-refractivity contribution in [2.24, 2.45) is 4.99 Å². The van der Waals surface area contributed by atoms with Gasteiger partial charge in [0.25, 0.3) is 0 Å². The standard InChI is InChI=1S/C14H17N3O2S/c1-9-11(13(18)19)12(16-14(20-3)17(9)2)15-10-7-5-4-6-8-10/h4-8,14H,1-3H3,(H,15,16)(H,18,19). The van der Waals surface area contributed by atoms with Gasteiger partial charge in [-0.05, 0) is 25.3 Å². The van der Waals surface area contributed by atoms with Gasteiger partial charge in [0.1, 0.15) is 11.4 Å². The summed E-state index contributed by atoms with van der Waals surface area (Å²) < 4.78 is 0. The van der Waals surface area contributed by atoms with Crippen molar-refractivity contribution >= 4 is 29.3 Å². The predicted octanol–water partition coefficient (Wildman–Crippen LogP) is 2.45. The first-order chi connectivity index (χ1) is 9.54. The van der Waals surface area contributed by atoms with Gasteiger partial charge in [0.05, 0.1) is 0 Å². The first kappa shape index (κ1) is 14.5. The van der Waals surface area contributed by atoms with Crippen LogP contribution in [0.3, 0.4) is 0 Å². The summed E-state index contributed by atoms with van der Waals surface area (Å²) in [7, 11) is 1.85. The van der Waals surface area contributed by atoms with Crippen molar-refractivity contribution in [3.05, 3.63) is 41.6 Å². The minimum absolute atomic E-state index is 0.121. The maximum Gasteiger partial charge on any atom is 0.341 e. The number of carboxylic acids is 1. The number of nitrogens with one attached hydrogen (secondary N) is 1. The Balaban J connectivity index is 2.39. The van der Waals surface area contributed by atoms with E-state index in [1.54, 1.807) is 18.7 Å². The molecule has 1 aromatic carbocycles. The van der Waals surface area contributed by atoms with Crippen molar-refractivity contribution in [2.75, 3.05) is 18.6 Å². The lowest BCUT2D eigenvalue weighted by Crippen LogP contribution is -2.37. The van der Waals surface area contributed by atoms with Gasteiger partial charge >= 0.3 is 5.97 Å². The number of benzene rings is 1. The first-order valence-corrected chi connectivity index (χ1v) is 7.43. The molecule has 5 nitrogen and oxygen atoms in total. The van der Waals surface area contributed by atoms with Gasteiger partial charge in [0.15, 0.2) is 5.50 Å². The van der Waals surface area contributed by atoms with E-state index in [1.807, 2.05) is 48.5 Å². The molecule has 1 unspecified atom stereocenters. The minimum atomic E-state index is -0.976. The molecule has 1 aliphatic rings. The molecular weight excluding hydrogens is 274 g/mol. The van der Waals surface area contributed by atoms with E-state index in [0.717, 1.165) is 5.69 Å². The Morgan fingerprint density at radius 3 is 2.60 bits per heavy atom. The zero-order valence-corrected chi connectivity index (χ0v) is 12.4. The lowest BCUT2D eigenvalue weighted by molar-refractivity contribution is -0.132. The van der Waals surface area contributed by atoms with E-state index in [9.17, 15) is 9.90 Å². The van der Waals surface area contributed by atoms with E-state index in [2.05, 4.69) is 10.3 Å². The molecule has 1 aromatic rings. The maximum absolute atomic E-state index is 11.5. The number of thioether (sulfide) groups is 1. The molecule has 0 aliphatic carbocycles. The number of carbonyl (C=O) groups is 1. The highest BCUT2D eigenvalue weighted by Crippen LogP contribution is 2.26. The second-order valence-electron chi connectivity index (χ2n) is 4.41. The van der Waals surface area contributed by atoms with Crippen LogP contribution >= 0.6 is 11.8 Å². The minimum Gasteiger partial charge on any atom is -0.477 e. The van der Waals surface area contributed by atoms with Gasteiger partial charge in [-0.3, -0.25) is 0 Å². The summed E-state index contributed by atoms with van der Waals surface area (Å²) in [4.78, 5) is 17.8. The lowest BCUT2D eigenvalue weighted by atomic mass is 10.1. The van der Waals surface area contributed by atoms with E-state index < -0.39 is 5.97 Å². The van der Waals surface area contributed by atoms with Crippen LogP contribution in [0.1, 0.15) is 6.92 Å². The number of hydrogen-bond donors (Lipinski definition) is 2. The number of hydrogen-bond acceptors (Lipinski definition) is 5. The average Bonchev–Trinajstić information content (AvgIpc) is 2.43. The molecule has 2 N–H and O–H groups in total. The van der Waals surface area contributed by atoms with Crippen LogP contribution in [0.5, 0.6) is 0 Å². The lowest BCUT2D eigenvalue weighted by Gasteiger charge is -2.32. The van der Waals surface area contributed by atoms with Gasteiger partial charge in [-0.1, -0.05) is 18.2 Å². The molecule has 0 fully saturated rings. The number of allylic oxidation sites excluding steroid dienone is 1. The highest BCUT2D eigenvalue weighted by Gasteiger charge is 2.29. The normalized spacial score (nSPS) is 18.9. The van der Waals surface area contributed by atoms with Crippen LogP contribution in [-0.2, 0) is 4.79 Å². The molecular formula is C14H17N3O2S. The molecule has 1 aliphatic heterocycles. The SMILES string of the molecule is CSC1N=C(Nc2ccccc2)C(C(=O)O)=C(C)N1C. The third-order valence-corrected chi connectivity index (χ3v) is 4.00. The Bertz CT molecular complexity index is 569. The zero-order chi connectivity index (χ0) is 14.7. The van der Waals surface area contributed by atoms with Crippen LogP contribution in [0.25, 0.3) is 0 Å². The van der Waals surface area contributed by atoms with E-state index in [1.165, 1.54) is 0 Å². The summed E-state index contributed by atoms with van der Waals surface area (Å²) in [6.07, 6.45) is 1.95. The van der Waals surface area contributed by atoms with Gasteiger partial charge in [0.2, 0.25) is 0 Å². The van der Waals surface area contributed by atoms with Gasteiger partial charge in [-0.2, -0.15) is 0 Å². The van der Waals surface area contributed by atoms with Crippen LogP contribution in [0.4, 0.5) is 5.69 Å². The second kappa shape index (κ2) is 6.00. The van der Waals surface area contributed by atoms with Gasteiger partial charge in [-0.25, -0.2) is 9.79 Å². The Kier molecular flexibility index (Phi) is 4.34. The largest absolute Gasteiger partial charge is 0.477 e. The Hall–Kier alpha value is -1.95. The van der Waals surface area contributed by atoms with Crippen molar-refractivity contribution in [1.82, 2.24) is 4.90 Å². The van der Waals surface area contributed by atoms with Crippen LogP contribution in [0, 0.1) is 0 Å². The van der Waals surface area contributed by atoms with Crippen molar-refractivity contribution in [3.8, 4) is 0 Å². The van der Waals surface area contributed by atoms with Gasteiger partial charge in [-0.15, -0.1) is 11.8 Å². The summed E-state index contributed by atoms with van der Waals surface area (Å²) in [5.41, 5.74) is 1.61. The molecule has 20 heavy (non-hydrogen) atoms.